The minimum absolute atomic E-state index is 0.0131. The molecule has 0 saturated carbocycles. The molecule has 3 nitrogen and oxygen atoms in total. The number of ether oxygens (including phenoxy) is 1. The number of cyclic esters (lactones) is 1. The number of hydrogen-bond donors (Lipinski definition) is 1. The molecule has 4 heteroatoms. The summed E-state index contributed by atoms with van der Waals surface area (Å²) in [6.07, 6.45) is 0.693. The Bertz CT molecular complexity index is 378. The van der Waals surface area contributed by atoms with Crippen molar-refractivity contribution in [3.05, 3.63) is 24.3 Å². The first-order valence-corrected chi connectivity index (χ1v) is 5.70. The Hall–Kier alpha value is -1.16. The van der Waals surface area contributed by atoms with Crippen LogP contribution in [0.4, 0.5) is 0 Å². The number of aromatic hydroxyl groups is 1. The summed E-state index contributed by atoms with van der Waals surface area (Å²) >= 11 is 1.37. The van der Waals surface area contributed by atoms with Crippen LogP contribution < -0.4 is 0 Å². The lowest BCUT2D eigenvalue weighted by atomic mass is 10.3. The second-order valence-electron chi connectivity index (χ2n) is 3.56. The van der Waals surface area contributed by atoms with Gasteiger partial charge in [-0.25, -0.2) is 0 Å². The molecular weight excluding hydrogens is 212 g/mol. The number of carbonyl (C=O) groups excluding carboxylic acids is 1. The summed E-state index contributed by atoms with van der Waals surface area (Å²) in [5.41, 5.74) is 0. The third-order valence-corrected chi connectivity index (χ3v) is 3.53. The van der Waals surface area contributed by atoms with E-state index in [4.69, 9.17) is 4.74 Å². The highest BCUT2D eigenvalue weighted by Gasteiger charge is 2.32. The van der Waals surface area contributed by atoms with E-state index >= 15 is 0 Å². The van der Waals surface area contributed by atoms with Gasteiger partial charge in [0.1, 0.15) is 17.1 Å². The molecule has 0 aromatic heterocycles. The van der Waals surface area contributed by atoms with Crippen LogP contribution in [0.1, 0.15) is 13.3 Å². The molecule has 1 aromatic carbocycles. The minimum Gasteiger partial charge on any atom is -0.507 e. The molecule has 1 aliphatic rings. The molecule has 0 bridgehead atoms. The zero-order valence-electron chi connectivity index (χ0n) is 8.34. The highest BCUT2D eigenvalue weighted by atomic mass is 32.2. The van der Waals surface area contributed by atoms with Crippen molar-refractivity contribution < 1.29 is 14.6 Å². The smallest absolute Gasteiger partial charge is 0.319 e. The molecule has 1 heterocycles. The zero-order valence-corrected chi connectivity index (χ0v) is 9.16. The van der Waals surface area contributed by atoms with Gasteiger partial charge in [-0.15, -0.1) is 11.8 Å². The molecule has 1 aliphatic heterocycles. The van der Waals surface area contributed by atoms with Crippen LogP contribution in [0, 0.1) is 0 Å². The van der Waals surface area contributed by atoms with E-state index in [0.29, 0.717) is 6.42 Å². The van der Waals surface area contributed by atoms with E-state index < -0.39 is 0 Å². The quantitative estimate of drug-likeness (QED) is 0.782. The predicted molar refractivity (Wildman–Crippen MR) is 57.9 cm³/mol. The molecule has 1 saturated heterocycles. The number of benzene rings is 1. The Morgan fingerprint density at radius 3 is 2.80 bits per heavy atom. The molecule has 0 radical (unpaired) electrons. The van der Waals surface area contributed by atoms with Gasteiger partial charge in [0.05, 0.1) is 0 Å². The van der Waals surface area contributed by atoms with Crippen LogP contribution in [0.25, 0.3) is 0 Å². The summed E-state index contributed by atoms with van der Waals surface area (Å²) in [5, 5.41) is 9.36. The first kappa shape index (κ1) is 10.4. The average molecular weight is 224 g/mol. The van der Waals surface area contributed by atoms with Crippen molar-refractivity contribution in [1.82, 2.24) is 0 Å². The van der Waals surface area contributed by atoms with Crippen LogP contribution in [0.15, 0.2) is 29.2 Å². The van der Waals surface area contributed by atoms with Gasteiger partial charge in [0, 0.05) is 11.3 Å². The lowest BCUT2D eigenvalue weighted by Crippen LogP contribution is -2.09. The van der Waals surface area contributed by atoms with Gasteiger partial charge in [0.2, 0.25) is 0 Å². The Labute approximate surface area is 92.4 Å². The van der Waals surface area contributed by atoms with E-state index in [0.717, 1.165) is 4.90 Å². The molecule has 0 amide bonds. The lowest BCUT2D eigenvalue weighted by Gasteiger charge is -2.06. The van der Waals surface area contributed by atoms with Crippen molar-refractivity contribution in [1.29, 1.82) is 0 Å². The zero-order chi connectivity index (χ0) is 10.8. The van der Waals surface area contributed by atoms with Crippen molar-refractivity contribution in [2.75, 3.05) is 0 Å². The fourth-order valence-corrected chi connectivity index (χ4v) is 2.70. The maximum atomic E-state index is 11.4. The van der Waals surface area contributed by atoms with Gasteiger partial charge < -0.3 is 9.84 Å². The van der Waals surface area contributed by atoms with Crippen molar-refractivity contribution >= 4 is 17.7 Å². The molecule has 1 N–H and O–H groups in total. The molecule has 1 fully saturated rings. The average Bonchev–Trinajstić information content (AvgIpc) is 2.49. The summed E-state index contributed by atoms with van der Waals surface area (Å²) in [7, 11) is 0. The topological polar surface area (TPSA) is 46.5 Å². The van der Waals surface area contributed by atoms with E-state index in [9.17, 15) is 9.90 Å². The Kier molecular flexibility index (Phi) is 2.86. The number of hydrogen-bond acceptors (Lipinski definition) is 4. The maximum absolute atomic E-state index is 11.4. The molecular formula is C11H12O3S. The van der Waals surface area contributed by atoms with Gasteiger partial charge in [-0.1, -0.05) is 12.1 Å². The normalized spacial score (nSPS) is 25.3. The van der Waals surface area contributed by atoms with Crippen LogP contribution >= 0.6 is 11.8 Å². The third kappa shape index (κ3) is 2.26. The standard InChI is InChI=1S/C11H12O3S/c1-7-6-10(11(13)14-7)15-9-5-3-2-4-8(9)12/h2-5,7,10,12H,6H2,1H3/t7-,10+/m1/s1. The second kappa shape index (κ2) is 4.14. The molecule has 2 rings (SSSR count). The number of esters is 1. The summed E-state index contributed by atoms with van der Waals surface area (Å²) in [6, 6.07) is 7.02. The Morgan fingerprint density at radius 2 is 2.20 bits per heavy atom. The molecule has 80 valence electrons. The van der Waals surface area contributed by atoms with Gasteiger partial charge in [-0.05, 0) is 19.1 Å². The number of rotatable bonds is 2. The Morgan fingerprint density at radius 1 is 1.47 bits per heavy atom. The minimum atomic E-state index is -0.187. The van der Waals surface area contributed by atoms with Crippen molar-refractivity contribution in [3.8, 4) is 5.75 Å². The maximum Gasteiger partial charge on any atom is 0.319 e. The van der Waals surface area contributed by atoms with Crippen LogP contribution in [-0.4, -0.2) is 22.4 Å². The summed E-state index contributed by atoms with van der Waals surface area (Å²) in [4.78, 5) is 12.1. The highest BCUT2D eigenvalue weighted by Crippen LogP contribution is 2.36. The van der Waals surface area contributed by atoms with E-state index in [-0.39, 0.29) is 23.1 Å². The third-order valence-electron chi connectivity index (χ3n) is 2.26. The van der Waals surface area contributed by atoms with Crippen molar-refractivity contribution in [2.24, 2.45) is 0 Å². The first-order valence-electron chi connectivity index (χ1n) is 4.82. The second-order valence-corrected chi connectivity index (χ2v) is 4.80. The van der Waals surface area contributed by atoms with E-state index in [1.165, 1.54) is 11.8 Å². The Balaban J connectivity index is 2.09. The van der Waals surface area contributed by atoms with Crippen LogP contribution in [0.5, 0.6) is 5.75 Å². The van der Waals surface area contributed by atoms with Gasteiger partial charge in [-0.3, -0.25) is 4.79 Å². The highest BCUT2D eigenvalue weighted by molar-refractivity contribution is 8.00. The molecule has 1 aromatic rings. The van der Waals surface area contributed by atoms with E-state index in [2.05, 4.69) is 0 Å². The molecule has 2 atom stereocenters. The largest absolute Gasteiger partial charge is 0.507 e. The number of phenolic OH excluding ortho intramolecular Hbond substituents is 1. The summed E-state index contributed by atoms with van der Waals surface area (Å²) in [5.74, 6) is 0.0330. The van der Waals surface area contributed by atoms with Gasteiger partial charge in [-0.2, -0.15) is 0 Å². The number of carbonyl (C=O) groups is 1. The fraction of sp³-hybridized carbons (Fsp3) is 0.364. The molecule has 0 unspecified atom stereocenters. The van der Waals surface area contributed by atoms with Crippen LogP contribution in [0.3, 0.4) is 0 Å². The summed E-state index contributed by atoms with van der Waals surface area (Å²) < 4.78 is 5.04. The monoisotopic (exact) mass is 224 g/mol. The number of thioether (sulfide) groups is 1. The fourth-order valence-electron chi connectivity index (χ4n) is 1.53. The first-order chi connectivity index (χ1) is 7.16. The number of phenols is 1. The van der Waals surface area contributed by atoms with Gasteiger partial charge in [0.15, 0.2) is 0 Å². The molecule has 0 spiro atoms. The lowest BCUT2D eigenvalue weighted by molar-refractivity contribution is -0.140. The SMILES string of the molecule is C[C@@H]1C[C@H](Sc2ccccc2O)C(=O)O1. The van der Waals surface area contributed by atoms with Gasteiger partial charge >= 0.3 is 5.97 Å². The molecule has 15 heavy (non-hydrogen) atoms. The molecule has 0 aliphatic carbocycles. The predicted octanol–water partition coefficient (Wildman–Crippen LogP) is 2.19. The van der Waals surface area contributed by atoms with Crippen LogP contribution in [0.2, 0.25) is 0 Å². The van der Waals surface area contributed by atoms with Crippen molar-refractivity contribution in [3.63, 3.8) is 0 Å². The van der Waals surface area contributed by atoms with Gasteiger partial charge in [0.25, 0.3) is 0 Å². The van der Waals surface area contributed by atoms with E-state index in [1.54, 1.807) is 18.2 Å². The van der Waals surface area contributed by atoms with E-state index in [1.807, 2.05) is 13.0 Å². The van der Waals surface area contributed by atoms with Crippen LogP contribution in [-0.2, 0) is 9.53 Å². The summed E-state index contributed by atoms with van der Waals surface area (Å²) in [6.45, 7) is 1.88. The van der Waals surface area contributed by atoms with Crippen molar-refractivity contribution in [2.45, 2.75) is 29.6 Å². The number of para-hydroxylation sites is 1.